The molecule has 0 amide bonds. The number of hydrogen-bond acceptors (Lipinski definition) is 5. The van der Waals surface area contributed by atoms with Crippen molar-refractivity contribution in [2.45, 2.75) is 5.03 Å². The summed E-state index contributed by atoms with van der Waals surface area (Å²) in [6.45, 7) is 0. The molecule has 2 aromatic carbocycles. The molecular formula is C19H15ClN2O3S. The highest BCUT2D eigenvalue weighted by Crippen LogP contribution is 2.17. The van der Waals surface area contributed by atoms with Crippen LogP contribution in [0.4, 0.5) is 0 Å². The largest absolute Gasteiger partial charge is 0.497 e. The summed E-state index contributed by atoms with van der Waals surface area (Å²) in [4.78, 5) is 29.0. The number of aromatic nitrogens is 2. The quantitative estimate of drug-likeness (QED) is 0.475. The maximum absolute atomic E-state index is 12.6. The van der Waals surface area contributed by atoms with E-state index >= 15 is 0 Å². The zero-order valence-corrected chi connectivity index (χ0v) is 15.5. The van der Waals surface area contributed by atoms with Gasteiger partial charge in [-0.25, -0.2) is 4.98 Å². The van der Waals surface area contributed by atoms with Crippen LogP contribution in [-0.2, 0) is 0 Å². The summed E-state index contributed by atoms with van der Waals surface area (Å²) in [6, 6.07) is 13.8. The van der Waals surface area contributed by atoms with Gasteiger partial charge in [-0.2, -0.15) is 0 Å². The smallest absolute Gasteiger partial charge is 0.287 e. The Kier molecular flexibility index (Phi) is 5.75. The van der Waals surface area contributed by atoms with Gasteiger partial charge in [-0.1, -0.05) is 23.4 Å². The first-order valence-corrected chi connectivity index (χ1v) is 9.08. The molecule has 1 aromatic heterocycles. The Balaban J connectivity index is 1.75. The summed E-state index contributed by atoms with van der Waals surface area (Å²) < 4.78 is 6.55. The van der Waals surface area contributed by atoms with Crippen LogP contribution in [0.1, 0.15) is 10.4 Å². The molecule has 0 fully saturated rings. The van der Waals surface area contributed by atoms with Crippen LogP contribution in [-0.4, -0.2) is 28.2 Å². The number of methoxy groups -OCH3 is 1. The first-order valence-electron chi connectivity index (χ1n) is 7.72. The van der Waals surface area contributed by atoms with E-state index in [0.717, 1.165) is 11.8 Å². The van der Waals surface area contributed by atoms with E-state index in [2.05, 4.69) is 4.98 Å². The summed E-state index contributed by atoms with van der Waals surface area (Å²) >= 11 is 7.00. The van der Waals surface area contributed by atoms with Crippen LogP contribution in [0.15, 0.2) is 70.7 Å². The van der Waals surface area contributed by atoms with Crippen LogP contribution in [0.25, 0.3) is 5.69 Å². The van der Waals surface area contributed by atoms with Gasteiger partial charge < -0.3 is 4.74 Å². The molecule has 1 heterocycles. The first kappa shape index (κ1) is 18.2. The zero-order chi connectivity index (χ0) is 18.5. The first-order chi connectivity index (χ1) is 12.6. The number of benzene rings is 2. The van der Waals surface area contributed by atoms with Gasteiger partial charge in [0.1, 0.15) is 5.75 Å². The van der Waals surface area contributed by atoms with Crippen molar-refractivity contribution in [2.24, 2.45) is 0 Å². The van der Waals surface area contributed by atoms with Crippen LogP contribution in [0, 0.1) is 0 Å². The summed E-state index contributed by atoms with van der Waals surface area (Å²) in [7, 11) is 1.57. The molecule has 7 heteroatoms. The third kappa shape index (κ3) is 4.15. The fraction of sp³-hybridized carbons (Fsp3) is 0.105. The summed E-state index contributed by atoms with van der Waals surface area (Å²) in [6.07, 6.45) is 3.12. The third-order valence-electron chi connectivity index (χ3n) is 3.67. The summed E-state index contributed by atoms with van der Waals surface area (Å²) in [5, 5.41) is 0.861. The van der Waals surface area contributed by atoms with E-state index in [1.807, 2.05) is 0 Å². The molecule has 0 spiro atoms. The molecule has 0 atom stereocenters. The molecule has 0 aliphatic carbocycles. The summed E-state index contributed by atoms with van der Waals surface area (Å²) in [5.41, 5.74) is 0.972. The van der Waals surface area contributed by atoms with Gasteiger partial charge in [-0.15, -0.1) is 0 Å². The number of rotatable bonds is 6. The molecule has 26 heavy (non-hydrogen) atoms. The molecule has 132 valence electrons. The van der Waals surface area contributed by atoms with Crippen molar-refractivity contribution in [3.05, 3.63) is 81.9 Å². The Hall–Kier alpha value is -2.57. The minimum Gasteiger partial charge on any atom is -0.497 e. The van der Waals surface area contributed by atoms with Gasteiger partial charge in [-0.3, -0.25) is 14.2 Å². The number of ketones is 1. The SMILES string of the molecule is COc1ccc(C(=O)CSc2nccn(-c3ccc(Cl)cc3)c2=O)cc1. The van der Waals surface area contributed by atoms with Gasteiger partial charge in [0.15, 0.2) is 10.8 Å². The Morgan fingerprint density at radius 3 is 2.50 bits per heavy atom. The molecule has 0 saturated carbocycles. The molecule has 0 N–H and O–H groups in total. The number of hydrogen-bond donors (Lipinski definition) is 0. The molecule has 0 bridgehead atoms. The Labute approximate surface area is 159 Å². The highest BCUT2D eigenvalue weighted by molar-refractivity contribution is 7.99. The number of carbonyl (C=O) groups excluding carboxylic acids is 1. The van der Waals surface area contributed by atoms with Crippen molar-refractivity contribution in [1.82, 2.24) is 9.55 Å². The van der Waals surface area contributed by atoms with E-state index in [-0.39, 0.29) is 22.1 Å². The Morgan fingerprint density at radius 1 is 1.15 bits per heavy atom. The molecule has 3 aromatic rings. The second-order valence-electron chi connectivity index (χ2n) is 5.32. The monoisotopic (exact) mass is 386 g/mol. The number of halogens is 1. The molecule has 0 radical (unpaired) electrons. The fourth-order valence-corrected chi connectivity index (χ4v) is 3.21. The van der Waals surface area contributed by atoms with Gasteiger partial charge in [0, 0.05) is 28.7 Å². The molecule has 5 nitrogen and oxygen atoms in total. The number of thioether (sulfide) groups is 1. The van der Waals surface area contributed by atoms with Gasteiger partial charge in [0.05, 0.1) is 12.9 Å². The molecule has 0 aliphatic rings. The van der Waals surface area contributed by atoms with Gasteiger partial charge >= 0.3 is 0 Å². The maximum Gasteiger partial charge on any atom is 0.287 e. The Morgan fingerprint density at radius 2 is 1.85 bits per heavy atom. The molecule has 0 saturated heterocycles. The highest BCUT2D eigenvalue weighted by atomic mass is 35.5. The Bertz CT molecular complexity index is 969. The second kappa shape index (κ2) is 8.21. The predicted molar refractivity (Wildman–Crippen MR) is 103 cm³/mol. The topological polar surface area (TPSA) is 61.2 Å². The molecule has 0 unspecified atom stereocenters. The average molecular weight is 387 g/mol. The summed E-state index contributed by atoms with van der Waals surface area (Å²) in [5.74, 6) is 0.727. The van der Waals surface area contributed by atoms with Gasteiger partial charge in [0.25, 0.3) is 5.56 Å². The van der Waals surface area contributed by atoms with E-state index in [1.165, 1.54) is 10.8 Å². The van der Waals surface area contributed by atoms with Gasteiger partial charge in [-0.05, 0) is 48.5 Å². The number of nitrogens with zero attached hydrogens (tertiary/aromatic N) is 2. The van der Waals surface area contributed by atoms with Crippen molar-refractivity contribution < 1.29 is 9.53 Å². The van der Waals surface area contributed by atoms with Crippen molar-refractivity contribution in [3.8, 4) is 11.4 Å². The van der Waals surface area contributed by atoms with Crippen LogP contribution in [0.2, 0.25) is 5.02 Å². The van der Waals surface area contributed by atoms with Crippen molar-refractivity contribution in [2.75, 3.05) is 12.9 Å². The van der Waals surface area contributed by atoms with E-state index in [4.69, 9.17) is 16.3 Å². The normalized spacial score (nSPS) is 10.5. The van der Waals surface area contributed by atoms with E-state index in [1.54, 1.807) is 61.8 Å². The lowest BCUT2D eigenvalue weighted by atomic mass is 10.1. The highest BCUT2D eigenvalue weighted by Gasteiger charge is 2.11. The predicted octanol–water partition coefficient (Wildman–Crippen LogP) is 3.87. The third-order valence-corrected chi connectivity index (χ3v) is 4.88. The lowest BCUT2D eigenvalue weighted by Crippen LogP contribution is -2.21. The lowest BCUT2D eigenvalue weighted by Gasteiger charge is -2.07. The van der Waals surface area contributed by atoms with Crippen LogP contribution >= 0.6 is 23.4 Å². The molecule has 3 rings (SSSR count). The number of ether oxygens (including phenoxy) is 1. The van der Waals surface area contributed by atoms with E-state index < -0.39 is 0 Å². The second-order valence-corrected chi connectivity index (χ2v) is 6.72. The van der Waals surface area contributed by atoms with Crippen molar-refractivity contribution in [3.63, 3.8) is 0 Å². The minimum absolute atomic E-state index is 0.0826. The maximum atomic E-state index is 12.6. The molecule has 0 aliphatic heterocycles. The van der Waals surface area contributed by atoms with Crippen LogP contribution < -0.4 is 10.3 Å². The van der Waals surface area contributed by atoms with Gasteiger partial charge in [0.2, 0.25) is 0 Å². The average Bonchev–Trinajstić information content (AvgIpc) is 2.68. The number of Topliss-reactive ketones (excluding diaryl/α,β-unsaturated/α-hetero) is 1. The van der Waals surface area contributed by atoms with Crippen molar-refractivity contribution >= 4 is 29.1 Å². The zero-order valence-electron chi connectivity index (χ0n) is 13.9. The standard InChI is InChI=1S/C19H15ClN2O3S/c1-25-16-8-2-13(3-9-16)17(23)12-26-18-19(24)22(11-10-21-18)15-6-4-14(20)5-7-15/h2-11H,12H2,1H3. The molecular weight excluding hydrogens is 372 g/mol. The van der Waals surface area contributed by atoms with Crippen molar-refractivity contribution in [1.29, 1.82) is 0 Å². The lowest BCUT2D eigenvalue weighted by molar-refractivity contribution is 0.102. The van der Waals surface area contributed by atoms with Crippen LogP contribution in [0.5, 0.6) is 5.75 Å². The minimum atomic E-state index is -0.276. The number of carbonyl (C=O) groups is 1. The van der Waals surface area contributed by atoms with E-state index in [0.29, 0.717) is 22.0 Å². The van der Waals surface area contributed by atoms with Crippen LogP contribution in [0.3, 0.4) is 0 Å². The fourth-order valence-electron chi connectivity index (χ4n) is 2.29. The van der Waals surface area contributed by atoms with E-state index in [9.17, 15) is 9.59 Å².